The van der Waals surface area contributed by atoms with Crippen molar-refractivity contribution in [2.24, 2.45) is 0 Å². The lowest BCUT2D eigenvalue weighted by atomic mass is 9.90. The Balaban J connectivity index is 0.990. The lowest BCUT2D eigenvalue weighted by Gasteiger charge is -2.57. The van der Waals surface area contributed by atoms with Crippen LogP contribution >= 0.6 is 0 Å². The second-order valence-corrected chi connectivity index (χ2v) is 10.8. The van der Waals surface area contributed by atoms with Crippen LogP contribution in [0.15, 0.2) is 36.5 Å². The normalized spacial score (nSPS) is 32.4. The molecule has 4 aliphatic rings. The predicted molar refractivity (Wildman–Crippen MR) is 132 cm³/mol. The van der Waals surface area contributed by atoms with Gasteiger partial charge < -0.3 is 19.9 Å². The maximum absolute atomic E-state index is 12.4. The molecule has 2 aromatic rings. The second-order valence-electron chi connectivity index (χ2n) is 10.8. The summed E-state index contributed by atoms with van der Waals surface area (Å²) in [7, 11) is 0. The Bertz CT molecular complexity index is 1120. The van der Waals surface area contributed by atoms with Gasteiger partial charge in [-0.15, -0.1) is 0 Å². The van der Waals surface area contributed by atoms with Crippen LogP contribution in [0.3, 0.4) is 0 Å². The highest BCUT2D eigenvalue weighted by Crippen LogP contribution is 2.59. The summed E-state index contributed by atoms with van der Waals surface area (Å²) >= 11 is 0. The molecule has 1 aromatic heterocycles. The van der Waals surface area contributed by atoms with Crippen molar-refractivity contribution in [3.63, 3.8) is 0 Å². The number of quaternary nitrogens is 1. The van der Waals surface area contributed by atoms with Crippen LogP contribution in [0.2, 0.25) is 0 Å². The molecular weight excluding hydrogens is 442 g/mol. The van der Waals surface area contributed by atoms with Gasteiger partial charge in [-0.3, -0.25) is 4.48 Å². The quantitative estimate of drug-likeness (QED) is 0.438. The molecule has 1 fully saturated rings. The number of ether oxygens (including phenoxy) is 2. The highest BCUT2D eigenvalue weighted by atomic mass is 16.5. The Morgan fingerprint density at radius 1 is 1.20 bits per heavy atom. The number of unbranched alkanes of at least 4 members (excludes halogenated alkanes) is 2. The van der Waals surface area contributed by atoms with Crippen molar-refractivity contribution in [2.45, 2.75) is 75.8 Å². The number of carbonyl (C=O) groups is 1. The molecule has 5 heterocycles. The van der Waals surface area contributed by atoms with Crippen molar-refractivity contribution >= 4 is 11.8 Å². The van der Waals surface area contributed by atoms with Gasteiger partial charge in [0.2, 0.25) is 11.8 Å². The summed E-state index contributed by atoms with van der Waals surface area (Å²) in [6.07, 6.45) is 9.62. The number of benzene rings is 1. The molecule has 7 heteroatoms. The molecule has 1 saturated heterocycles. The predicted octanol–water partition coefficient (Wildman–Crippen LogP) is 4.17. The Kier molecular flexibility index (Phi) is 5.82. The SMILES string of the molecule is CC12OCCc3cccc(c31)C(C(=O)O)[N+]21CC(OCCCCCC2CCc3cccnc3N2)C1. The fraction of sp³-hybridized carbons (Fsp3) is 0.571. The van der Waals surface area contributed by atoms with Crippen molar-refractivity contribution in [3.8, 4) is 0 Å². The Hall–Kier alpha value is -2.48. The first-order valence-corrected chi connectivity index (χ1v) is 13.2. The minimum absolute atomic E-state index is 0.0968. The molecule has 4 aliphatic heterocycles. The molecule has 35 heavy (non-hydrogen) atoms. The van der Waals surface area contributed by atoms with E-state index in [4.69, 9.17) is 9.47 Å². The van der Waals surface area contributed by atoms with Gasteiger partial charge in [-0.25, -0.2) is 9.78 Å². The molecule has 1 aromatic carbocycles. The Morgan fingerprint density at radius 2 is 2.06 bits per heavy atom. The van der Waals surface area contributed by atoms with Gasteiger partial charge in [-0.2, -0.15) is 0 Å². The number of aromatic nitrogens is 1. The van der Waals surface area contributed by atoms with E-state index in [2.05, 4.69) is 29.4 Å². The van der Waals surface area contributed by atoms with E-state index in [0.29, 0.717) is 30.2 Å². The summed E-state index contributed by atoms with van der Waals surface area (Å²) in [5.41, 5.74) is 4.03. The summed E-state index contributed by atoms with van der Waals surface area (Å²) in [5, 5.41) is 13.8. The van der Waals surface area contributed by atoms with Crippen molar-refractivity contribution in [1.29, 1.82) is 0 Å². The maximum Gasteiger partial charge on any atom is 0.367 e. The van der Waals surface area contributed by atoms with Crippen LogP contribution in [0.5, 0.6) is 0 Å². The number of carboxylic acids is 1. The van der Waals surface area contributed by atoms with Gasteiger partial charge in [0, 0.05) is 31.3 Å². The monoisotopic (exact) mass is 478 g/mol. The van der Waals surface area contributed by atoms with E-state index in [9.17, 15) is 9.90 Å². The molecule has 7 nitrogen and oxygen atoms in total. The first-order valence-electron chi connectivity index (χ1n) is 13.2. The van der Waals surface area contributed by atoms with E-state index < -0.39 is 17.7 Å². The number of nitrogens with one attached hydrogen (secondary N) is 1. The number of carboxylic acid groups (broad SMARTS) is 1. The summed E-state index contributed by atoms with van der Waals surface area (Å²) in [6.45, 7) is 4.86. The van der Waals surface area contributed by atoms with Crippen molar-refractivity contribution in [2.75, 3.05) is 31.6 Å². The van der Waals surface area contributed by atoms with Crippen LogP contribution in [0.25, 0.3) is 0 Å². The number of rotatable bonds is 8. The van der Waals surface area contributed by atoms with Crippen LogP contribution in [0.1, 0.15) is 67.3 Å². The van der Waals surface area contributed by atoms with Crippen LogP contribution in [0.4, 0.5) is 5.82 Å². The number of nitrogens with zero attached hydrogens (tertiary/aromatic N) is 2. The van der Waals surface area contributed by atoms with Crippen molar-refractivity contribution < 1.29 is 23.9 Å². The highest BCUT2D eigenvalue weighted by molar-refractivity contribution is 5.76. The molecule has 3 unspecified atom stereocenters. The fourth-order valence-corrected chi connectivity index (χ4v) is 7.10. The third-order valence-corrected chi connectivity index (χ3v) is 8.88. The number of hydrogen-bond acceptors (Lipinski definition) is 5. The molecule has 2 N–H and O–H groups in total. The molecular formula is C28H36N3O4+. The van der Waals surface area contributed by atoms with E-state index in [1.165, 1.54) is 24.0 Å². The van der Waals surface area contributed by atoms with Gasteiger partial charge >= 0.3 is 5.97 Å². The lowest BCUT2D eigenvalue weighted by molar-refractivity contribution is -1.05. The largest absolute Gasteiger partial charge is 0.477 e. The summed E-state index contributed by atoms with van der Waals surface area (Å²) in [6, 6.07) is 10.2. The molecule has 0 saturated carbocycles. The molecule has 6 rings (SSSR count). The van der Waals surface area contributed by atoms with Crippen LogP contribution in [-0.2, 0) is 32.8 Å². The summed E-state index contributed by atoms with van der Waals surface area (Å²) in [4.78, 5) is 16.9. The third kappa shape index (κ3) is 3.67. The number of hydrogen-bond donors (Lipinski definition) is 2. The third-order valence-electron chi connectivity index (χ3n) is 8.88. The summed E-state index contributed by atoms with van der Waals surface area (Å²) in [5.74, 6) is 0.297. The molecule has 186 valence electrons. The van der Waals surface area contributed by atoms with E-state index in [0.717, 1.165) is 55.7 Å². The number of anilines is 1. The van der Waals surface area contributed by atoms with Crippen molar-refractivity contribution in [1.82, 2.24) is 4.98 Å². The standard InChI is InChI=1S/C28H35N3O4/c1-28-24-19(13-16-35-28)7-5-10-23(24)25(27(32)33)31(28)17-22(18-31)34-15-4-2-3-9-21-12-11-20-8-6-14-29-26(20)30-21/h5-8,10,14,21-22,25H,2-4,9,11-13,15-18H2,1H3,(H-,29,30,32,33)/p+1. The van der Waals surface area contributed by atoms with E-state index >= 15 is 0 Å². The highest BCUT2D eigenvalue weighted by Gasteiger charge is 2.71. The van der Waals surface area contributed by atoms with Crippen LogP contribution in [0, 0.1) is 0 Å². The van der Waals surface area contributed by atoms with E-state index in [1.54, 1.807) is 0 Å². The van der Waals surface area contributed by atoms with Crippen molar-refractivity contribution in [3.05, 3.63) is 58.8 Å². The maximum atomic E-state index is 12.4. The molecule has 0 amide bonds. The number of aliphatic carboxylic acids is 1. The Labute approximate surface area is 207 Å². The molecule has 1 spiro atoms. The molecule has 0 aliphatic carbocycles. The number of fused-ring (bicyclic) bond motifs is 2. The topological polar surface area (TPSA) is 80.7 Å². The van der Waals surface area contributed by atoms with E-state index in [1.807, 2.05) is 24.4 Å². The molecule has 0 radical (unpaired) electrons. The second kappa shape index (κ2) is 8.87. The lowest BCUT2D eigenvalue weighted by Crippen LogP contribution is -2.74. The number of pyridine rings is 1. The average molecular weight is 479 g/mol. The van der Waals surface area contributed by atoms with Gasteiger partial charge in [0.25, 0.3) is 0 Å². The van der Waals surface area contributed by atoms with E-state index in [-0.39, 0.29) is 6.10 Å². The first-order chi connectivity index (χ1) is 17.0. The van der Waals surface area contributed by atoms with Gasteiger partial charge in [-0.05, 0) is 49.3 Å². The fourth-order valence-electron chi connectivity index (χ4n) is 7.10. The molecule has 3 atom stereocenters. The van der Waals surface area contributed by atoms with Gasteiger partial charge in [-0.1, -0.05) is 37.1 Å². The average Bonchev–Trinajstić information content (AvgIpc) is 3.07. The molecule has 0 bridgehead atoms. The van der Waals surface area contributed by atoms with Crippen LogP contribution in [-0.4, -0.2) is 59.0 Å². The first kappa shape index (κ1) is 23.0. The number of aryl methyl sites for hydroxylation is 1. The Morgan fingerprint density at radius 3 is 2.91 bits per heavy atom. The zero-order valence-corrected chi connectivity index (χ0v) is 20.5. The van der Waals surface area contributed by atoms with Gasteiger partial charge in [0.15, 0.2) is 6.10 Å². The minimum atomic E-state index is -0.759. The van der Waals surface area contributed by atoms with Gasteiger partial charge in [0.05, 0.1) is 12.2 Å². The van der Waals surface area contributed by atoms with Crippen LogP contribution < -0.4 is 5.32 Å². The smallest absolute Gasteiger partial charge is 0.367 e. The van der Waals surface area contributed by atoms with Gasteiger partial charge in [0.1, 0.15) is 18.9 Å². The summed E-state index contributed by atoms with van der Waals surface area (Å²) < 4.78 is 13.0. The minimum Gasteiger partial charge on any atom is -0.477 e. The zero-order chi connectivity index (χ0) is 24.0. The zero-order valence-electron chi connectivity index (χ0n) is 20.5.